The number of aliphatic hydroxyl groups excluding tert-OH is 1. The number of hydrogen-bond donors (Lipinski definition) is 1. The Morgan fingerprint density at radius 1 is 1.08 bits per heavy atom. The second kappa shape index (κ2) is 5.86. The van der Waals surface area contributed by atoms with Gasteiger partial charge in [-0.15, -0.1) is 0 Å². The van der Waals surface area contributed by atoms with Crippen LogP contribution >= 0.6 is 0 Å². The Bertz CT molecular complexity index is 520. The zero-order chi connectivity index (χ0) is 17.1. The van der Waals surface area contributed by atoms with Crippen LogP contribution < -0.4 is 0 Å². The van der Waals surface area contributed by atoms with Crippen LogP contribution in [-0.2, 0) is 0 Å². The van der Waals surface area contributed by atoms with E-state index in [4.69, 9.17) is 0 Å². The van der Waals surface area contributed by atoms with Gasteiger partial charge in [0.05, 0.1) is 6.10 Å². The zero-order valence-electron chi connectivity index (χ0n) is 16.4. The topological polar surface area (TPSA) is 20.2 Å². The smallest absolute Gasteiger partial charge is 0.0577 e. The maximum atomic E-state index is 10.1. The van der Waals surface area contributed by atoms with Gasteiger partial charge in [0.15, 0.2) is 0 Å². The fraction of sp³-hybridized carbons (Fsp3) is 0.913. The minimum atomic E-state index is -0.0726. The van der Waals surface area contributed by atoms with E-state index < -0.39 is 0 Å². The zero-order valence-corrected chi connectivity index (χ0v) is 16.4. The molecule has 7 atom stereocenters. The molecule has 0 saturated heterocycles. The van der Waals surface area contributed by atoms with Crippen molar-refractivity contribution in [2.24, 2.45) is 40.4 Å². The van der Waals surface area contributed by atoms with Crippen molar-refractivity contribution in [2.75, 3.05) is 0 Å². The van der Waals surface area contributed by atoms with Gasteiger partial charge in [-0.1, -0.05) is 39.3 Å². The van der Waals surface area contributed by atoms with Crippen LogP contribution in [0.4, 0.5) is 0 Å². The van der Waals surface area contributed by atoms with Crippen molar-refractivity contribution in [1.29, 1.82) is 0 Å². The van der Waals surface area contributed by atoms with Crippen LogP contribution in [0.3, 0.4) is 0 Å². The molecule has 24 heavy (non-hydrogen) atoms. The van der Waals surface area contributed by atoms with Crippen molar-refractivity contribution in [3.8, 4) is 0 Å². The summed E-state index contributed by atoms with van der Waals surface area (Å²) in [5, 5.41) is 10.1. The molecule has 7 unspecified atom stereocenters. The number of rotatable bonds is 2. The molecule has 0 aromatic carbocycles. The summed E-state index contributed by atoms with van der Waals surface area (Å²) in [6, 6.07) is 0. The Labute approximate surface area is 149 Å². The number of hydrogen-bond acceptors (Lipinski definition) is 1. The van der Waals surface area contributed by atoms with Gasteiger partial charge in [-0.25, -0.2) is 0 Å². The molecule has 1 N–H and O–H groups in total. The van der Waals surface area contributed by atoms with Crippen molar-refractivity contribution >= 4 is 0 Å². The molecule has 0 heterocycles. The van der Waals surface area contributed by atoms with Crippen LogP contribution in [0.25, 0.3) is 0 Å². The van der Waals surface area contributed by atoms with Gasteiger partial charge in [0.1, 0.15) is 0 Å². The lowest BCUT2D eigenvalue weighted by Crippen LogP contribution is -2.50. The summed E-state index contributed by atoms with van der Waals surface area (Å²) < 4.78 is 0. The highest BCUT2D eigenvalue weighted by Gasteiger charge is 2.58. The van der Waals surface area contributed by atoms with Gasteiger partial charge in [-0.05, 0) is 98.2 Å². The average Bonchev–Trinajstić information content (AvgIpc) is 2.84. The average molecular weight is 331 g/mol. The molecule has 3 saturated carbocycles. The van der Waals surface area contributed by atoms with Gasteiger partial charge < -0.3 is 5.11 Å². The molecule has 0 radical (unpaired) electrons. The fourth-order valence-electron chi connectivity index (χ4n) is 7.71. The first-order valence-corrected chi connectivity index (χ1v) is 10.7. The quantitative estimate of drug-likeness (QED) is 0.618. The van der Waals surface area contributed by atoms with Gasteiger partial charge >= 0.3 is 0 Å². The molecule has 0 aromatic rings. The summed E-state index contributed by atoms with van der Waals surface area (Å²) in [6.07, 6.45) is 14.3. The molecule has 0 aliphatic heterocycles. The molecule has 0 bridgehead atoms. The van der Waals surface area contributed by atoms with E-state index in [0.717, 1.165) is 42.4 Å². The predicted molar refractivity (Wildman–Crippen MR) is 101 cm³/mol. The number of allylic oxidation sites excluding steroid dienone is 1. The molecule has 4 rings (SSSR count). The highest BCUT2D eigenvalue weighted by Crippen LogP contribution is 2.66. The maximum Gasteiger partial charge on any atom is 0.0577 e. The maximum absolute atomic E-state index is 10.1. The van der Waals surface area contributed by atoms with E-state index in [9.17, 15) is 5.11 Å². The van der Waals surface area contributed by atoms with Crippen LogP contribution in [0.1, 0.15) is 85.5 Å². The lowest BCUT2D eigenvalue weighted by molar-refractivity contribution is -0.0519. The Balaban J connectivity index is 1.60. The van der Waals surface area contributed by atoms with Crippen molar-refractivity contribution < 1.29 is 5.11 Å². The van der Waals surface area contributed by atoms with E-state index in [1.165, 1.54) is 44.9 Å². The van der Waals surface area contributed by atoms with Gasteiger partial charge in [0.2, 0.25) is 0 Å². The molecular weight excluding hydrogens is 292 g/mol. The molecular formula is C23H38O. The first kappa shape index (κ1) is 17.1. The second-order valence-electron chi connectivity index (χ2n) is 10.6. The van der Waals surface area contributed by atoms with E-state index in [1.807, 2.05) is 0 Å². The first-order valence-electron chi connectivity index (χ1n) is 10.7. The van der Waals surface area contributed by atoms with Crippen molar-refractivity contribution in [3.05, 3.63) is 11.6 Å². The Kier molecular flexibility index (Phi) is 4.18. The lowest BCUT2D eigenvalue weighted by Gasteiger charge is -2.58. The Hall–Kier alpha value is -0.300. The van der Waals surface area contributed by atoms with Crippen LogP contribution in [0.2, 0.25) is 0 Å². The standard InChI is InChI=1S/C23H38O/c1-15(2)13-16-6-8-20-19-7-5-17-14-18(24)9-11-22(17,3)21(19)10-12-23(16,20)4/h5,15-16,18-21,24H,6-14H2,1-4H3. The van der Waals surface area contributed by atoms with Gasteiger partial charge in [-0.2, -0.15) is 0 Å². The monoisotopic (exact) mass is 330 g/mol. The van der Waals surface area contributed by atoms with Crippen LogP contribution in [0.5, 0.6) is 0 Å². The minimum absolute atomic E-state index is 0.0726. The van der Waals surface area contributed by atoms with E-state index in [-0.39, 0.29) is 6.10 Å². The molecule has 1 heteroatoms. The van der Waals surface area contributed by atoms with Gasteiger partial charge in [0, 0.05) is 0 Å². The SMILES string of the molecule is CC(C)CC1CCC2C3CC=C4CC(O)CCC4(C)C3CCC12C. The third-order valence-electron chi connectivity index (χ3n) is 9.03. The predicted octanol–water partition coefficient (Wildman–Crippen LogP) is 5.97. The molecule has 136 valence electrons. The Morgan fingerprint density at radius 3 is 2.62 bits per heavy atom. The summed E-state index contributed by atoms with van der Waals surface area (Å²) in [7, 11) is 0. The van der Waals surface area contributed by atoms with Crippen LogP contribution in [-0.4, -0.2) is 11.2 Å². The molecule has 4 aliphatic rings. The van der Waals surface area contributed by atoms with Gasteiger partial charge in [0.25, 0.3) is 0 Å². The van der Waals surface area contributed by atoms with Gasteiger partial charge in [-0.3, -0.25) is 0 Å². The van der Waals surface area contributed by atoms with Crippen LogP contribution in [0.15, 0.2) is 11.6 Å². The van der Waals surface area contributed by atoms with E-state index in [0.29, 0.717) is 10.8 Å². The van der Waals surface area contributed by atoms with Crippen molar-refractivity contribution in [3.63, 3.8) is 0 Å². The van der Waals surface area contributed by atoms with Crippen molar-refractivity contribution in [2.45, 2.75) is 91.6 Å². The third-order valence-corrected chi connectivity index (χ3v) is 9.03. The van der Waals surface area contributed by atoms with E-state index in [1.54, 1.807) is 5.57 Å². The minimum Gasteiger partial charge on any atom is -0.393 e. The first-order chi connectivity index (χ1) is 11.3. The molecule has 0 spiro atoms. The second-order valence-corrected chi connectivity index (χ2v) is 10.6. The summed E-state index contributed by atoms with van der Waals surface area (Å²) in [5.41, 5.74) is 2.63. The number of fused-ring (bicyclic) bond motifs is 5. The van der Waals surface area contributed by atoms with E-state index >= 15 is 0 Å². The lowest BCUT2D eigenvalue weighted by atomic mass is 9.47. The van der Waals surface area contributed by atoms with Crippen LogP contribution in [0, 0.1) is 40.4 Å². The fourth-order valence-corrected chi connectivity index (χ4v) is 7.71. The summed E-state index contributed by atoms with van der Waals surface area (Å²) >= 11 is 0. The summed E-state index contributed by atoms with van der Waals surface area (Å²) in [5.74, 6) is 4.58. The number of aliphatic hydroxyl groups is 1. The normalized spacial score (nSPS) is 50.9. The molecule has 3 fully saturated rings. The highest BCUT2D eigenvalue weighted by atomic mass is 16.3. The third kappa shape index (κ3) is 2.44. The molecule has 0 amide bonds. The summed E-state index contributed by atoms with van der Waals surface area (Å²) in [6.45, 7) is 10.0. The largest absolute Gasteiger partial charge is 0.393 e. The van der Waals surface area contributed by atoms with E-state index in [2.05, 4.69) is 33.8 Å². The molecule has 4 aliphatic carbocycles. The molecule has 1 nitrogen and oxygen atoms in total. The highest BCUT2D eigenvalue weighted by molar-refractivity contribution is 5.25. The van der Waals surface area contributed by atoms with Crippen molar-refractivity contribution in [1.82, 2.24) is 0 Å². The molecule has 0 aromatic heterocycles. The summed E-state index contributed by atoms with van der Waals surface area (Å²) in [4.78, 5) is 0. The Morgan fingerprint density at radius 2 is 1.88 bits per heavy atom.